The lowest BCUT2D eigenvalue weighted by atomic mass is 10.0. The monoisotopic (exact) mass is 432 g/mol. The maximum Gasteiger partial charge on any atom is 0.242 e. The van der Waals surface area contributed by atoms with Crippen LogP contribution < -0.4 is 19.5 Å². The van der Waals surface area contributed by atoms with Gasteiger partial charge in [-0.1, -0.05) is 39.8 Å². The van der Waals surface area contributed by atoms with Crippen LogP contribution in [0.25, 0.3) is 0 Å². The highest BCUT2D eigenvalue weighted by Gasteiger charge is 2.29. The quantitative estimate of drug-likeness (QED) is 0.698. The summed E-state index contributed by atoms with van der Waals surface area (Å²) in [7, 11) is -3.94. The third-order valence-electron chi connectivity index (χ3n) is 4.90. The van der Waals surface area contributed by atoms with Crippen molar-refractivity contribution >= 4 is 21.6 Å². The number of hydrogen-bond acceptors (Lipinski definition) is 5. The summed E-state index contributed by atoms with van der Waals surface area (Å²) in [5.41, 5.74) is 1.78. The second-order valence-corrected chi connectivity index (χ2v) is 9.63. The van der Waals surface area contributed by atoms with Crippen molar-refractivity contribution in [2.45, 2.75) is 44.6 Å². The van der Waals surface area contributed by atoms with Gasteiger partial charge in [-0.05, 0) is 41.7 Å². The van der Waals surface area contributed by atoms with Crippen LogP contribution >= 0.6 is 0 Å². The van der Waals surface area contributed by atoms with Gasteiger partial charge in [-0.3, -0.25) is 4.79 Å². The molecule has 0 aliphatic carbocycles. The lowest BCUT2D eigenvalue weighted by molar-refractivity contribution is -0.118. The molecule has 2 aromatic carbocycles. The summed E-state index contributed by atoms with van der Waals surface area (Å²) < 4.78 is 39.3. The average Bonchev–Trinajstić information content (AvgIpc) is 2.71. The molecule has 0 bridgehead atoms. The molecule has 2 N–H and O–H groups in total. The van der Waals surface area contributed by atoms with Crippen molar-refractivity contribution in [3.63, 3.8) is 0 Å². The van der Waals surface area contributed by atoms with E-state index < -0.39 is 22.0 Å². The third kappa shape index (κ3) is 5.12. The summed E-state index contributed by atoms with van der Waals surface area (Å²) in [6.45, 7) is 8.54. The summed E-state index contributed by atoms with van der Waals surface area (Å²) in [6, 6.07) is 11.0. The van der Waals surface area contributed by atoms with Crippen LogP contribution in [0.4, 0.5) is 5.69 Å². The van der Waals surface area contributed by atoms with Gasteiger partial charge in [0.25, 0.3) is 0 Å². The summed E-state index contributed by atoms with van der Waals surface area (Å²) in [6.07, 6.45) is 0. The van der Waals surface area contributed by atoms with Gasteiger partial charge in [-0.25, -0.2) is 8.42 Å². The Bertz CT molecular complexity index is 1000. The average molecular weight is 433 g/mol. The highest BCUT2D eigenvalue weighted by molar-refractivity contribution is 7.89. The number of sulfonamides is 1. The van der Waals surface area contributed by atoms with E-state index in [1.807, 2.05) is 24.3 Å². The zero-order valence-electron chi connectivity index (χ0n) is 17.6. The van der Waals surface area contributed by atoms with Gasteiger partial charge >= 0.3 is 0 Å². The van der Waals surface area contributed by atoms with Gasteiger partial charge in [-0.2, -0.15) is 4.72 Å². The van der Waals surface area contributed by atoms with E-state index in [9.17, 15) is 13.2 Å². The molecule has 1 amide bonds. The van der Waals surface area contributed by atoms with E-state index in [1.54, 1.807) is 19.9 Å². The molecular weight excluding hydrogens is 404 g/mol. The number of carbonyl (C=O) groups is 1. The maximum atomic E-state index is 12.9. The molecule has 1 heterocycles. The number of amides is 1. The van der Waals surface area contributed by atoms with Gasteiger partial charge in [0.1, 0.15) is 19.3 Å². The first-order valence-electron chi connectivity index (χ1n) is 10.00. The molecule has 8 heteroatoms. The molecule has 7 nitrogen and oxygen atoms in total. The summed E-state index contributed by atoms with van der Waals surface area (Å²) in [5, 5.41) is 2.80. The number of anilines is 1. The lowest BCUT2D eigenvalue weighted by Gasteiger charge is -2.23. The van der Waals surface area contributed by atoms with Crippen LogP contribution in [0.5, 0.6) is 11.5 Å². The second kappa shape index (κ2) is 9.06. The molecule has 1 aliphatic heterocycles. The molecule has 1 aliphatic rings. The Balaban J connectivity index is 1.76. The Morgan fingerprint density at radius 2 is 1.57 bits per heavy atom. The molecule has 0 spiro atoms. The van der Waals surface area contributed by atoms with Gasteiger partial charge in [-0.15, -0.1) is 0 Å². The number of ether oxygens (including phenoxy) is 2. The number of nitrogens with one attached hydrogen (secondary N) is 2. The largest absolute Gasteiger partial charge is 0.486 e. The number of benzene rings is 2. The third-order valence-corrected chi connectivity index (χ3v) is 6.34. The van der Waals surface area contributed by atoms with E-state index in [2.05, 4.69) is 23.9 Å². The zero-order valence-corrected chi connectivity index (χ0v) is 18.5. The Hall–Kier alpha value is -2.58. The Kier molecular flexibility index (Phi) is 6.67. The topological polar surface area (TPSA) is 93.7 Å². The van der Waals surface area contributed by atoms with Crippen molar-refractivity contribution in [2.75, 3.05) is 18.5 Å². The van der Waals surface area contributed by atoms with Crippen molar-refractivity contribution in [1.29, 1.82) is 0 Å². The maximum absolute atomic E-state index is 12.9. The van der Waals surface area contributed by atoms with Gasteiger partial charge in [0.15, 0.2) is 11.5 Å². The molecule has 30 heavy (non-hydrogen) atoms. The standard InChI is InChI=1S/C22H28N2O5S/c1-14(2)16-5-7-17(8-6-16)23-22(25)21(15(3)4)24-30(26,27)18-9-10-19-20(13-18)29-12-11-28-19/h5-10,13-15,21,24H,11-12H2,1-4H3,(H,23,25)/t21-/m1/s1. The molecule has 0 aromatic heterocycles. The van der Waals surface area contributed by atoms with Gasteiger partial charge in [0.05, 0.1) is 4.90 Å². The van der Waals surface area contributed by atoms with Crippen LogP contribution in [0.2, 0.25) is 0 Å². The van der Waals surface area contributed by atoms with Crippen LogP contribution in [0.15, 0.2) is 47.4 Å². The fourth-order valence-corrected chi connectivity index (χ4v) is 4.45. The second-order valence-electron chi connectivity index (χ2n) is 7.91. The van der Waals surface area contributed by atoms with Crippen molar-refractivity contribution in [3.05, 3.63) is 48.0 Å². The first-order valence-corrected chi connectivity index (χ1v) is 11.5. The molecule has 162 valence electrons. The minimum absolute atomic E-state index is 0.0199. The highest BCUT2D eigenvalue weighted by Crippen LogP contribution is 2.32. The number of fused-ring (bicyclic) bond motifs is 1. The van der Waals surface area contributed by atoms with Crippen LogP contribution in [0.3, 0.4) is 0 Å². The summed E-state index contributed by atoms with van der Waals surface area (Å²) >= 11 is 0. The van der Waals surface area contributed by atoms with Gasteiger partial charge < -0.3 is 14.8 Å². The van der Waals surface area contributed by atoms with E-state index in [4.69, 9.17) is 9.47 Å². The van der Waals surface area contributed by atoms with Crippen LogP contribution in [-0.2, 0) is 14.8 Å². The van der Waals surface area contributed by atoms with E-state index in [1.165, 1.54) is 12.1 Å². The van der Waals surface area contributed by atoms with E-state index >= 15 is 0 Å². The molecule has 0 radical (unpaired) electrons. The molecule has 0 fully saturated rings. The van der Waals surface area contributed by atoms with Crippen molar-refractivity contribution in [2.24, 2.45) is 5.92 Å². The summed E-state index contributed by atoms with van der Waals surface area (Å²) in [5.74, 6) is 0.592. The molecule has 1 atom stereocenters. The lowest BCUT2D eigenvalue weighted by Crippen LogP contribution is -2.47. The zero-order chi connectivity index (χ0) is 21.9. The first-order chi connectivity index (χ1) is 14.2. The molecule has 2 aromatic rings. The molecule has 0 saturated heterocycles. The van der Waals surface area contributed by atoms with Crippen molar-refractivity contribution in [3.8, 4) is 11.5 Å². The van der Waals surface area contributed by atoms with E-state index in [0.717, 1.165) is 5.56 Å². The Morgan fingerprint density at radius 1 is 0.933 bits per heavy atom. The van der Waals surface area contributed by atoms with Crippen molar-refractivity contribution in [1.82, 2.24) is 4.72 Å². The fraction of sp³-hybridized carbons (Fsp3) is 0.409. The predicted molar refractivity (Wildman–Crippen MR) is 116 cm³/mol. The van der Waals surface area contributed by atoms with Crippen LogP contribution in [0.1, 0.15) is 39.2 Å². The molecule has 3 rings (SSSR count). The number of carbonyl (C=O) groups excluding carboxylic acids is 1. The minimum Gasteiger partial charge on any atom is -0.486 e. The molecule has 0 saturated carbocycles. The Morgan fingerprint density at radius 3 is 2.17 bits per heavy atom. The number of rotatable bonds is 7. The normalized spacial score (nSPS) is 14.6. The van der Waals surface area contributed by atoms with Gasteiger partial charge in [0, 0.05) is 11.8 Å². The SMILES string of the molecule is CC(C)c1ccc(NC(=O)[C@H](NS(=O)(=O)c2ccc3c(c2)OCCO3)C(C)C)cc1. The smallest absolute Gasteiger partial charge is 0.242 e. The minimum atomic E-state index is -3.94. The Labute approximate surface area is 177 Å². The number of hydrogen-bond donors (Lipinski definition) is 2. The van der Waals surface area contributed by atoms with Crippen molar-refractivity contribution < 1.29 is 22.7 Å². The summed E-state index contributed by atoms with van der Waals surface area (Å²) in [4.78, 5) is 12.9. The highest BCUT2D eigenvalue weighted by atomic mass is 32.2. The van der Waals surface area contributed by atoms with E-state index in [-0.39, 0.29) is 10.8 Å². The predicted octanol–water partition coefficient (Wildman–Crippen LogP) is 3.52. The first kappa shape index (κ1) is 22.1. The van der Waals surface area contributed by atoms with Gasteiger partial charge in [0.2, 0.25) is 15.9 Å². The van der Waals surface area contributed by atoms with Crippen LogP contribution in [0, 0.1) is 5.92 Å². The molecule has 0 unspecified atom stereocenters. The van der Waals surface area contributed by atoms with Crippen LogP contribution in [-0.4, -0.2) is 33.6 Å². The van der Waals surface area contributed by atoms with E-state index in [0.29, 0.717) is 36.3 Å². The fourth-order valence-electron chi connectivity index (χ4n) is 3.09. The molecular formula is C22H28N2O5S.